The predicted octanol–water partition coefficient (Wildman–Crippen LogP) is 2.64. The highest BCUT2D eigenvalue weighted by Gasteiger charge is 2.28. The summed E-state index contributed by atoms with van der Waals surface area (Å²) >= 11 is 0. The van der Waals surface area contributed by atoms with Crippen LogP contribution in [0.2, 0.25) is 0 Å². The number of nitrogens with zero attached hydrogens (tertiary/aromatic N) is 3. The molecular weight excluding hydrogens is 226 g/mol. The Kier molecular flexibility index (Phi) is 4.40. The summed E-state index contributed by atoms with van der Waals surface area (Å²) < 4.78 is 8.06. The summed E-state index contributed by atoms with van der Waals surface area (Å²) in [4.78, 5) is 2.33. The molecule has 2 aliphatic rings. The van der Waals surface area contributed by atoms with E-state index in [9.17, 15) is 0 Å². The van der Waals surface area contributed by atoms with Gasteiger partial charge in [-0.25, -0.2) is 0 Å². The van der Waals surface area contributed by atoms with Gasteiger partial charge >= 0.3 is 0 Å². The van der Waals surface area contributed by atoms with E-state index in [1.807, 2.05) is 20.0 Å². The van der Waals surface area contributed by atoms with Crippen molar-refractivity contribution in [3.63, 3.8) is 0 Å². The van der Waals surface area contributed by atoms with Crippen molar-refractivity contribution in [1.29, 1.82) is 0 Å². The van der Waals surface area contributed by atoms with Crippen molar-refractivity contribution in [2.45, 2.75) is 51.9 Å². The summed E-state index contributed by atoms with van der Waals surface area (Å²) in [6, 6.07) is 0.660. The number of likely N-dealkylation sites (N-methyl/N-ethyl adjacent to an activating group) is 1. The molecule has 1 saturated heterocycles. The molecule has 4 heteroatoms. The molecule has 1 aromatic heterocycles. The number of hydrogen-bond donors (Lipinski definition) is 0. The smallest absolute Gasteiger partial charge is 0.0986 e. The Hall–Kier alpha value is -0.870. The van der Waals surface area contributed by atoms with Crippen molar-refractivity contribution >= 4 is 0 Å². The van der Waals surface area contributed by atoms with Crippen LogP contribution in [0.1, 0.15) is 51.3 Å². The van der Waals surface area contributed by atoms with E-state index < -0.39 is 0 Å². The molecule has 1 aliphatic carbocycles. The van der Waals surface area contributed by atoms with E-state index in [2.05, 4.69) is 34.8 Å². The molecule has 18 heavy (non-hydrogen) atoms. The van der Waals surface area contributed by atoms with Gasteiger partial charge < -0.3 is 9.64 Å². The van der Waals surface area contributed by atoms with E-state index in [-0.39, 0.29) is 6.10 Å². The molecule has 0 aromatic carbocycles. The van der Waals surface area contributed by atoms with Crippen LogP contribution in [0.15, 0.2) is 12.4 Å². The molecule has 0 spiro atoms. The Morgan fingerprint density at radius 2 is 2.00 bits per heavy atom. The van der Waals surface area contributed by atoms with E-state index >= 15 is 0 Å². The normalized spacial score (nSPS) is 28.7. The van der Waals surface area contributed by atoms with Gasteiger partial charge in [0.25, 0.3) is 0 Å². The highest BCUT2D eigenvalue weighted by Crippen LogP contribution is 2.35. The Morgan fingerprint density at radius 1 is 1.28 bits per heavy atom. The maximum atomic E-state index is 5.96. The van der Waals surface area contributed by atoms with Crippen LogP contribution in [-0.2, 0) is 4.74 Å². The average Bonchev–Trinajstić information content (AvgIpc) is 3.08. The second kappa shape index (κ2) is 5.85. The lowest BCUT2D eigenvalue weighted by atomic mass is 10.1. The lowest BCUT2D eigenvalue weighted by molar-refractivity contribution is -0.0715. The summed E-state index contributed by atoms with van der Waals surface area (Å²) in [5.74, 6) is 0. The lowest BCUT2D eigenvalue weighted by Gasteiger charge is -2.34. The zero-order valence-electron chi connectivity index (χ0n) is 12.0. The van der Waals surface area contributed by atoms with Crippen molar-refractivity contribution in [3.05, 3.63) is 18.0 Å². The first-order chi connectivity index (χ1) is 8.72. The monoisotopic (exact) mass is 251 g/mol. The number of morpholine rings is 1. The first-order valence-corrected chi connectivity index (χ1v) is 7.10. The molecule has 3 rings (SSSR count). The molecule has 102 valence electrons. The van der Waals surface area contributed by atoms with Crippen LogP contribution in [0.5, 0.6) is 0 Å². The quantitative estimate of drug-likeness (QED) is 0.809. The van der Waals surface area contributed by atoms with Gasteiger partial charge in [0.2, 0.25) is 0 Å². The first-order valence-electron chi connectivity index (χ1n) is 7.10. The number of ether oxygens (including phenoxy) is 1. The molecule has 2 unspecified atom stereocenters. The van der Waals surface area contributed by atoms with Crippen molar-refractivity contribution < 1.29 is 4.74 Å². The Balaban J connectivity index is 0.000000574. The molecule has 1 aromatic rings. The topological polar surface area (TPSA) is 30.3 Å². The molecule has 0 bridgehead atoms. The van der Waals surface area contributed by atoms with Crippen LogP contribution in [0, 0.1) is 0 Å². The van der Waals surface area contributed by atoms with E-state index in [4.69, 9.17) is 4.74 Å². The molecule has 0 N–H and O–H groups in total. The highest BCUT2D eigenvalue weighted by atomic mass is 16.5. The van der Waals surface area contributed by atoms with Gasteiger partial charge in [0.15, 0.2) is 0 Å². The highest BCUT2D eigenvalue weighted by molar-refractivity contribution is 5.11. The molecule has 2 atom stereocenters. The number of aromatic nitrogens is 2. The molecule has 2 heterocycles. The zero-order valence-corrected chi connectivity index (χ0v) is 12.0. The molecule has 0 amide bonds. The van der Waals surface area contributed by atoms with Gasteiger partial charge in [-0.05, 0) is 26.8 Å². The van der Waals surface area contributed by atoms with Crippen LogP contribution in [0.4, 0.5) is 0 Å². The molecule has 0 radical (unpaired) electrons. The minimum atomic E-state index is 0.196. The maximum absolute atomic E-state index is 5.96. The van der Waals surface area contributed by atoms with Crippen LogP contribution in [-0.4, -0.2) is 40.9 Å². The van der Waals surface area contributed by atoms with Crippen molar-refractivity contribution in [1.82, 2.24) is 14.7 Å². The number of rotatable bonds is 2. The number of hydrogen-bond acceptors (Lipinski definition) is 3. The summed E-state index contributed by atoms with van der Waals surface area (Å²) in [5.41, 5.74) is 1.23. The zero-order chi connectivity index (χ0) is 13.1. The summed E-state index contributed by atoms with van der Waals surface area (Å²) in [7, 11) is 2.15. The van der Waals surface area contributed by atoms with Gasteiger partial charge in [-0.15, -0.1) is 0 Å². The molecule has 2 fully saturated rings. The van der Waals surface area contributed by atoms with E-state index in [0.717, 1.165) is 13.1 Å². The van der Waals surface area contributed by atoms with Crippen LogP contribution in [0.25, 0.3) is 0 Å². The van der Waals surface area contributed by atoms with Crippen LogP contribution >= 0.6 is 0 Å². The van der Waals surface area contributed by atoms with E-state index in [1.165, 1.54) is 18.4 Å². The van der Waals surface area contributed by atoms with E-state index in [1.54, 1.807) is 0 Å². The Morgan fingerprint density at radius 3 is 2.61 bits per heavy atom. The standard InChI is InChI=1S/C12H19N3O.C2H6/c1-9-6-14(2)8-12(16-9)10-5-13-15(7-10)11-3-4-11;1-2/h5,7,9,11-12H,3-4,6,8H2,1-2H3;1-2H3. The van der Waals surface area contributed by atoms with Crippen LogP contribution < -0.4 is 0 Å². The molecule has 1 aliphatic heterocycles. The summed E-state index contributed by atoms with van der Waals surface area (Å²) in [6.45, 7) is 8.13. The fourth-order valence-electron chi connectivity index (χ4n) is 2.40. The van der Waals surface area contributed by atoms with Crippen molar-refractivity contribution in [3.8, 4) is 0 Å². The van der Waals surface area contributed by atoms with Gasteiger partial charge in [0.05, 0.1) is 24.4 Å². The second-order valence-corrected chi connectivity index (χ2v) is 5.14. The predicted molar refractivity (Wildman–Crippen MR) is 72.6 cm³/mol. The maximum Gasteiger partial charge on any atom is 0.0986 e. The van der Waals surface area contributed by atoms with Gasteiger partial charge in [0, 0.05) is 24.8 Å². The van der Waals surface area contributed by atoms with Crippen molar-refractivity contribution in [2.24, 2.45) is 0 Å². The third kappa shape index (κ3) is 3.12. The van der Waals surface area contributed by atoms with Gasteiger partial charge in [-0.1, -0.05) is 13.8 Å². The third-order valence-corrected chi connectivity index (χ3v) is 3.36. The fraction of sp³-hybridized carbons (Fsp3) is 0.786. The average molecular weight is 251 g/mol. The van der Waals surface area contributed by atoms with Gasteiger partial charge in [-0.3, -0.25) is 4.68 Å². The first kappa shape index (κ1) is 13.6. The van der Waals surface area contributed by atoms with Crippen LogP contribution in [0.3, 0.4) is 0 Å². The van der Waals surface area contributed by atoms with E-state index in [0.29, 0.717) is 12.1 Å². The minimum Gasteiger partial charge on any atom is -0.368 e. The third-order valence-electron chi connectivity index (χ3n) is 3.36. The lowest BCUT2D eigenvalue weighted by Crippen LogP contribution is -2.40. The second-order valence-electron chi connectivity index (χ2n) is 5.14. The molecule has 1 saturated carbocycles. The largest absolute Gasteiger partial charge is 0.368 e. The fourth-order valence-corrected chi connectivity index (χ4v) is 2.40. The summed E-state index contributed by atoms with van der Waals surface area (Å²) in [6.07, 6.45) is 7.20. The molecule has 4 nitrogen and oxygen atoms in total. The SMILES string of the molecule is CC.CC1CN(C)CC(c2cnn(C3CC3)c2)O1. The Labute approximate surface area is 110 Å². The van der Waals surface area contributed by atoms with Gasteiger partial charge in [-0.2, -0.15) is 5.10 Å². The van der Waals surface area contributed by atoms with Gasteiger partial charge in [0.1, 0.15) is 0 Å². The Bertz CT molecular complexity index is 363. The minimum absolute atomic E-state index is 0.196. The van der Waals surface area contributed by atoms with Crippen molar-refractivity contribution in [2.75, 3.05) is 20.1 Å². The molecular formula is C14H25N3O. The summed E-state index contributed by atoms with van der Waals surface area (Å²) in [5, 5.41) is 4.42.